The van der Waals surface area contributed by atoms with E-state index in [1.807, 2.05) is 4.90 Å². The molecule has 2 heterocycles. The van der Waals surface area contributed by atoms with Crippen molar-refractivity contribution in [3.8, 4) is 0 Å². The first-order valence-electron chi connectivity index (χ1n) is 9.37. The Morgan fingerprint density at radius 2 is 1.65 bits per heavy atom. The molecule has 1 aromatic rings. The maximum absolute atomic E-state index is 12.5. The van der Waals surface area contributed by atoms with Crippen LogP contribution in [0.25, 0.3) is 0 Å². The van der Waals surface area contributed by atoms with Crippen molar-refractivity contribution in [2.24, 2.45) is 11.7 Å². The van der Waals surface area contributed by atoms with Crippen molar-refractivity contribution in [1.29, 1.82) is 0 Å². The molecule has 7 heteroatoms. The number of hydrogen-bond acceptors (Lipinski definition) is 4. The number of piperazine rings is 1. The Bertz CT molecular complexity index is 660. The van der Waals surface area contributed by atoms with Crippen LogP contribution in [0.4, 0.5) is 0 Å². The van der Waals surface area contributed by atoms with Gasteiger partial charge in [-0.05, 0) is 30.9 Å². The molecule has 1 saturated carbocycles. The highest BCUT2D eigenvalue weighted by molar-refractivity contribution is 5.95. The number of aromatic nitrogens is 1. The number of nitrogens with two attached hydrogens (primary N) is 1. The maximum atomic E-state index is 12.5. The van der Waals surface area contributed by atoms with Crippen LogP contribution >= 0.6 is 0 Å². The Morgan fingerprint density at radius 3 is 2.23 bits per heavy atom. The van der Waals surface area contributed by atoms with Crippen LogP contribution in [0.2, 0.25) is 0 Å². The van der Waals surface area contributed by atoms with E-state index in [-0.39, 0.29) is 23.1 Å². The van der Waals surface area contributed by atoms with Crippen LogP contribution in [-0.2, 0) is 4.79 Å². The third-order valence-electron chi connectivity index (χ3n) is 5.37. The highest BCUT2D eigenvalue weighted by Gasteiger charge is 2.27. The van der Waals surface area contributed by atoms with Crippen LogP contribution in [0.15, 0.2) is 18.3 Å². The molecule has 7 nitrogen and oxygen atoms in total. The average Bonchev–Trinajstić information content (AvgIpc) is 2.68. The highest BCUT2D eigenvalue weighted by atomic mass is 16.2. The summed E-state index contributed by atoms with van der Waals surface area (Å²) in [7, 11) is 0. The van der Waals surface area contributed by atoms with Crippen molar-refractivity contribution in [3.05, 3.63) is 29.6 Å². The van der Waals surface area contributed by atoms with E-state index in [0.29, 0.717) is 38.5 Å². The minimum Gasteiger partial charge on any atom is -0.366 e. The molecule has 140 valence electrons. The van der Waals surface area contributed by atoms with Crippen LogP contribution in [0.1, 0.15) is 59.4 Å². The standard InChI is InChI=1S/C19H26N4O3/c20-18(25)15-6-7-16(21-13-15)19(26)23-10-8-22(9-11-23)17(24)12-14-4-2-1-3-5-14/h6-7,13-14H,1-5,8-12H2,(H2,20,25). The molecular formula is C19H26N4O3. The van der Waals surface area contributed by atoms with E-state index in [9.17, 15) is 14.4 Å². The molecule has 3 rings (SSSR count). The molecule has 0 radical (unpaired) electrons. The molecule has 1 aliphatic carbocycles. The number of nitrogens with zero attached hydrogens (tertiary/aromatic N) is 3. The van der Waals surface area contributed by atoms with Crippen LogP contribution < -0.4 is 5.73 Å². The second-order valence-corrected chi connectivity index (χ2v) is 7.18. The van der Waals surface area contributed by atoms with Gasteiger partial charge < -0.3 is 15.5 Å². The summed E-state index contributed by atoms with van der Waals surface area (Å²) < 4.78 is 0. The predicted molar refractivity (Wildman–Crippen MR) is 96.4 cm³/mol. The maximum Gasteiger partial charge on any atom is 0.272 e. The van der Waals surface area contributed by atoms with Gasteiger partial charge in [-0.3, -0.25) is 19.4 Å². The summed E-state index contributed by atoms with van der Waals surface area (Å²) in [5.74, 6) is -0.00110. The van der Waals surface area contributed by atoms with Gasteiger partial charge in [-0.15, -0.1) is 0 Å². The summed E-state index contributed by atoms with van der Waals surface area (Å²) in [5, 5.41) is 0. The normalized spacial score (nSPS) is 18.6. The molecule has 0 bridgehead atoms. The van der Waals surface area contributed by atoms with Gasteiger partial charge in [0.25, 0.3) is 5.91 Å². The largest absolute Gasteiger partial charge is 0.366 e. The molecule has 1 saturated heterocycles. The molecule has 0 unspecified atom stereocenters. The molecule has 2 N–H and O–H groups in total. The van der Waals surface area contributed by atoms with Crippen molar-refractivity contribution in [1.82, 2.24) is 14.8 Å². The molecule has 1 aromatic heterocycles. The smallest absolute Gasteiger partial charge is 0.272 e. The zero-order valence-corrected chi connectivity index (χ0v) is 15.0. The van der Waals surface area contributed by atoms with Crippen LogP contribution in [0.3, 0.4) is 0 Å². The molecular weight excluding hydrogens is 332 g/mol. The van der Waals surface area contributed by atoms with Gasteiger partial charge >= 0.3 is 0 Å². The summed E-state index contributed by atoms with van der Waals surface area (Å²) in [5.41, 5.74) is 5.75. The number of hydrogen-bond donors (Lipinski definition) is 1. The van der Waals surface area contributed by atoms with E-state index < -0.39 is 5.91 Å². The van der Waals surface area contributed by atoms with Gasteiger partial charge in [0.05, 0.1) is 5.56 Å². The minimum absolute atomic E-state index is 0.180. The SMILES string of the molecule is NC(=O)c1ccc(C(=O)N2CCN(C(=O)CC3CCCCC3)CC2)nc1. The van der Waals surface area contributed by atoms with Crippen molar-refractivity contribution in [2.75, 3.05) is 26.2 Å². The van der Waals surface area contributed by atoms with E-state index in [1.165, 1.54) is 37.6 Å². The molecule has 3 amide bonds. The number of amides is 3. The van der Waals surface area contributed by atoms with Gasteiger partial charge in [-0.2, -0.15) is 0 Å². The Morgan fingerprint density at radius 1 is 1.00 bits per heavy atom. The molecule has 2 fully saturated rings. The summed E-state index contributed by atoms with van der Waals surface area (Å²) in [6.07, 6.45) is 8.06. The minimum atomic E-state index is -0.568. The molecule has 26 heavy (non-hydrogen) atoms. The van der Waals surface area contributed by atoms with Crippen LogP contribution in [0.5, 0.6) is 0 Å². The molecule has 0 atom stereocenters. The Hall–Kier alpha value is -2.44. The Kier molecular flexibility index (Phi) is 5.85. The van der Waals surface area contributed by atoms with Gasteiger partial charge in [0.2, 0.25) is 11.8 Å². The van der Waals surface area contributed by atoms with E-state index >= 15 is 0 Å². The zero-order chi connectivity index (χ0) is 18.5. The van der Waals surface area contributed by atoms with E-state index in [0.717, 1.165) is 12.8 Å². The Labute approximate surface area is 153 Å². The lowest BCUT2D eigenvalue weighted by molar-refractivity contribution is -0.133. The van der Waals surface area contributed by atoms with Crippen molar-refractivity contribution in [3.63, 3.8) is 0 Å². The first-order valence-corrected chi connectivity index (χ1v) is 9.37. The van der Waals surface area contributed by atoms with Crippen molar-refractivity contribution in [2.45, 2.75) is 38.5 Å². The van der Waals surface area contributed by atoms with Gasteiger partial charge in [-0.1, -0.05) is 19.3 Å². The van der Waals surface area contributed by atoms with E-state index in [4.69, 9.17) is 5.73 Å². The fourth-order valence-electron chi connectivity index (χ4n) is 3.75. The average molecular weight is 358 g/mol. The molecule has 1 aliphatic heterocycles. The Balaban J connectivity index is 1.50. The van der Waals surface area contributed by atoms with E-state index in [1.54, 1.807) is 4.90 Å². The number of carbonyl (C=O) groups is 3. The third kappa shape index (κ3) is 4.39. The topological polar surface area (TPSA) is 96.6 Å². The first-order chi connectivity index (χ1) is 12.5. The second kappa shape index (κ2) is 8.29. The summed E-state index contributed by atoms with van der Waals surface area (Å²) in [6.45, 7) is 2.15. The van der Waals surface area contributed by atoms with Gasteiger partial charge in [0.15, 0.2) is 0 Å². The monoisotopic (exact) mass is 358 g/mol. The van der Waals surface area contributed by atoms with Crippen molar-refractivity contribution >= 4 is 17.7 Å². The van der Waals surface area contributed by atoms with Gasteiger partial charge in [0.1, 0.15) is 5.69 Å². The van der Waals surface area contributed by atoms with Gasteiger partial charge in [-0.25, -0.2) is 0 Å². The fraction of sp³-hybridized carbons (Fsp3) is 0.579. The van der Waals surface area contributed by atoms with Crippen LogP contribution in [0, 0.1) is 5.92 Å². The lowest BCUT2D eigenvalue weighted by atomic mass is 9.86. The highest BCUT2D eigenvalue weighted by Crippen LogP contribution is 2.27. The summed E-state index contributed by atoms with van der Waals surface area (Å²) in [6, 6.07) is 3.02. The fourth-order valence-corrected chi connectivity index (χ4v) is 3.75. The lowest BCUT2D eigenvalue weighted by Gasteiger charge is -2.35. The van der Waals surface area contributed by atoms with Crippen LogP contribution in [-0.4, -0.2) is 58.7 Å². The van der Waals surface area contributed by atoms with E-state index in [2.05, 4.69) is 4.98 Å². The van der Waals surface area contributed by atoms with Gasteiger partial charge in [0, 0.05) is 38.8 Å². The number of pyridine rings is 1. The summed E-state index contributed by atoms with van der Waals surface area (Å²) >= 11 is 0. The summed E-state index contributed by atoms with van der Waals surface area (Å²) in [4.78, 5) is 43.7. The number of rotatable bonds is 4. The zero-order valence-electron chi connectivity index (χ0n) is 15.0. The molecule has 0 spiro atoms. The predicted octanol–water partition coefficient (Wildman–Crippen LogP) is 1.44. The molecule has 2 aliphatic rings. The lowest BCUT2D eigenvalue weighted by Crippen LogP contribution is -2.51. The first kappa shape index (κ1) is 18.4. The second-order valence-electron chi connectivity index (χ2n) is 7.18. The quantitative estimate of drug-likeness (QED) is 0.881. The molecule has 0 aromatic carbocycles. The number of primary amides is 1. The number of carbonyl (C=O) groups excluding carboxylic acids is 3. The van der Waals surface area contributed by atoms with Crippen molar-refractivity contribution < 1.29 is 14.4 Å². The third-order valence-corrected chi connectivity index (χ3v) is 5.37.